The van der Waals surface area contributed by atoms with Crippen molar-refractivity contribution in [2.75, 3.05) is 0 Å². The van der Waals surface area contributed by atoms with Gasteiger partial charge in [0.05, 0.1) is 0 Å². The second kappa shape index (κ2) is 6.81. The molecule has 0 spiro atoms. The van der Waals surface area contributed by atoms with E-state index in [1.54, 1.807) is 0 Å². The van der Waals surface area contributed by atoms with Gasteiger partial charge in [0, 0.05) is 51.8 Å². The first-order chi connectivity index (χ1) is 13.7. The number of fused-ring (bicyclic) bond motifs is 2. The molecule has 1 aliphatic rings. The number of para-hydroxylation sites is 1. The third-order valence-electron chi connectivity index (χ3n) is 5.35. The lowest BCUT2D eigenvalue weighted by Crippen LogP contribution is -1.97. The Kier molecular flexibility index (Phi) is 4.14. The van der Waals surface area contributed by atoms with Crippen molar-refractivity contribution in [2.24, 2.45) is 0 Å². The smallest absolute Gasteiger partial charge is 0.189 e. The van der Waals surface area contributed by atoms with E-state index in [1.807, 2.05) is 60.7 Å². The molecule has 1 aliphatic carbocycles. The summed E-state index contributed by atoms with van der Waals surface area (Å²) in [6.45, 7) is 0.759. The molecule has 0 saturated heterocycles. The Morgan fingerprint density at radius 3 is 2.50 bits per heavy atom. The molecule has 0 fully saturated rings. The highest BCUT2D eigenvalue weighted by atomic mass is 35.5. The van der Waals surface area contributed by atoms with Crippen LogP contribution in [-0.4, -0.2) is 10.4 Å². The average Bonchev–Trinajstić information content (AvgIpc) is 3.22. The number of benzene rings is 3. The van der Waals surface area contributed by atoms with Gasteiger partial charge in [0.15, 0.2) is 5.78 Å². The number of nitrogens with zero attached hydrogens (tertiary/aromatic N) is 1. The van der Waals surface area contributed by atoms with Crippen LogP contribution in [0.15, 0.2) is 84.6 Å². The van der Waals surface area contributed by atoms with E-state index in [0.717, 1.165) is 44.7 Å². The van der Waals surface area contributed by atoms with E-state index in [2.05, 4.69) is 29.0 Å². The standard InChI is InChI=1S/C25H18ClNO/c26-21-11-9-17(10-12-21)15-27-16-20(22-6-3-4-8-24(22)27)14-19-13-18-5-1-2-7-23(18)25(19)28/h1-12,14,16H,13,15H2/b19-14+. The zero-order valence-electron chi connectivity index (χ0n) is 15.2. The maximum Gasteiger partial charge on any atom is 0.189 e. The van der Waals surface area contributed by atoms with Crippen molar-refractivity contribution in [3.63, 3.8) is 0 Å². The van der Waals surface area contributed by atoms with Gasteiger partial charge in [-0.15, -0.1) is 0 Å². The van der Waals surface area contributed by atoms with Crippen molar-refractivity contribution in [3.8, 4) is 0 Å². The number of carbonyl (C=O) groups excluding carboxylic acids is 1. The Balaban J connectivity index is 1.56. The monoisotopic (exact) mass is 383 g/mol. The second-order valence-corrected chi connectivity index (χ2v) is 7.63. The molecule has 1 aromatic heterocycles. The molecule has 3 aromatic carbocycles. The highest BCUT2D eigenvalue weighted by Gasteiger charge is 2.24. The van der Waals surface area contributed by atoms with Gasteiger partial charge in [-0.1, -0.05) is 66.2 Å². The minimum Gasteiger partial charge on any atom is -0.342 e. The van der Waals surface area contributed by atoms with E-state index in [9.17, 15) is 4.79 Å². The Bertz CT molecular complexity index is 1230. The summed E-state index contributed by atoms with van der Waals surface area (Å²) in [5, 5.41) is 1.90. The highest BCUT2D eigenvalue weighted by Crippen LogP contribution is 2.30. The molecule has 0 radical (unpaired) electrons. The Hall–Kier alpha value is -3.10. The van der Waals surface area contributed by atoms with Gasteiger partial charge >= 0.3 is 0 Å². The largest absolute Gasteiger partial charge is 0.342 e. The van der Waals surface area contributed by atoms with E-state index in [0.29, 0.717) is 6.42 Å². The summed E-state index contributed by atoms with van der Waals surface area (Å²) in [6.07, 6.45) is 4.90. The normalized spacial score (nSPS) is 14.8. The zero-order chi connectivity index (χ0) is 19.1. The van der Waals surface area contributed by atoms with Gasteiger partial charge in [-0.3, -0.25) is 4.79 Å². The number of Topliss-reactive ketones (excluding diaryl/α,β-unsaturated/α-hetero) is 1. The van der Waals surface area contributed by atoms with Crippen molar-refractivity contribution in [2.45, 2.75) is 13.0 Å². The summed E-state index contributed by atoms with van der Waals surface area (Å²) in [5.41, 5.74) is 6.24. The molecule has 3 heteroatoms. The van der Waals surface area contributed by atoms with E-state index in [-0.39, 0.29) is 5.78 Å². The topological polar surface area (TPSA) is 22.0 Å². The predicted octanol–water partition coefficient (Wildman–Crippen LogP) is 6.17. The summed E-state index contributed by atoms with van der Waals surface area (Å²) in [4.78, 5) is 12.8. The number of allylic oxidation sites excluding steroid dienone is 1. The van der Waals surface area contributed by atoms with Gasteiger partial charge in [0.25, 0.3) is 0 Å². The summed E-state index contributed by atoms with van der Waals surface area (Å²) in [5.74, 6) is 0.144. The number of aromatic nitrogens is 1. The summed E-state index contributed by atoms with van der Waals surface area (Å²) >= 11 is 6.01. The number of hydrogen-bond donors (Lipinski definition) is 0. The molecule has 0 N–H and O–H groups in total. The first-order valence-corrected chi connectivity index (χ1v) is 9.72. The third-order valence-corrected chi connectivity index (χ3v) is 5.60. The first kappa shape index (κ1) is 17.0. The van der Waals surface area contributed by atoms with Crippen LogP contribution in [-0.2, 0) is 13.0 Å². The Morgan fingerprint density at radius 1 is 0.929 bits per heavy atom. The van der Waals surface area contributed by atoms with Gasteiger partial charge in [0.1, 0.15) is 0 Å². The van der Waals surface area contributed by atoms with Crippen LogP contribution in [0.25, 0.3) is 17.0 Å². The molecule has 5 rings (SSSR count). The van der Waals surface area contributed by atoms with Crippen molar-refractivity contribution in [1.82, 2.24) is 4.57 Å². The second-order valence-electron chi connectivity index (χ2n) is 7.19. The molecule has 28 heavy (non-hydrogen) atoms. The molecule has 0 aliphatic heterocycles. The Morgan fingerprint density at radius 2 is 1.68 bits per heavy atom. The average molecular weight is 384 g/mol. The molecule has 2 nitrogen and oxygen atoms in total. The Labute approximate surface area is 168 Å². The van der Waals surface area contributed by atoms with E-state index in [4.69, 9.17) is 11.6 Å². The fourth-order valence-corrected chi connectivity index (χ4v) is 4.09. The molecule has 136 valence electrons. The quantitative estimate of drug-likeness (QED) is 0.388. The number of rotatable bonds is 3. The van der Waals surface area contributed by atoms with Crippen molar-refractivity contribution in [3.05, 3.63) is 112 Å². The highest BCUT2D eigenvalue weighted by molar-refractivity contribution is 6.30. The van der Waals surface area contributed by atoms with Crippen LogP contribution in [0.4, 0.5) is 0 Å². The van der Waals surface area contributed by atoms with Crippen molar-refractivity contribution in [1.29, 1.82) is 0 Å². The maximum absolute atomic E-state index is 12.8. The molecule has 0 amide bonds. The fraction of sp³-hybridized carbons (Fsp3) is 0.0800. The van der Waals surface area contributed by atoms with Crippen LogP contribution in [0.1, 0.15) is 27.0 Å². The number of hydrogen-bond acceptors (Lipinski definition) is 1. The molecular weight excluding hydrogens is 366 g/mol. The minimum atomic E-state index is 0.144. The number of carbonyl (C=O) groups is 1. The van der Waals surface area contributed by atoms with Gasteiger partial charge in [0.2, 0.25) is 0 Å². The van der Waals surface area contributed by atoms with Gasteiger partial charge < -0.3 is 4.57 Å². The van der Waals surface area contributed by atoms with Crippen LogP contribution in [0.3, 0.4) is 0 Å². The van der Waals surface area contributed by atoms with Crippen LogP contribution >= 0.6 is 11.6 Å². The number of halogens is 1. The molecule has 1 heterocycles. The lowest BCUT2D eigenvalue weighted by Gasteiger charge is -2.05. The molecule has 0 bridgehead atoms. The lowest BCUT2D eigenvalue weighted by atomic mass is 10.1. The van der Waals surface area contributed by atoms with Crippen LogP contribution in [0.5, 0.6) is 0 Å². The van der Waals surface area contributed by atoms with E-state index < -0.39 is 0 Å². The molecule has 0 atom stereocenters. The molecule has 0 unspecified atom stereocenters. The van der Waals surface area contributed by atoms with Crippen molar-refractivity contribution < 1.29 is 4.79 Å². The van der Waals surface area contributed by atoms with Gasteiger partial charge in [-0.2, -0.15) is 0 Å². The fourth-order valence-electron chi connectivity index (χ4n) is 3.97. The van der Waals surface area contributed by atoms with Crippen LogP contribution < -0.4 is 0 Å². The summed E-state index contributed by atoms with van der Waals surface area (Å²) in [6, 6.07) is 24.1. The molecule has 4 aromatic rings. The van der Waals surface area contributed by atoms with Crippen LogP contribution in [0, 0.1) is 0 Å². The van der Waals surface area contributed by atoms with Gasteiger partial charge in [-0.25, -0.2) is 0 Å². The maximum atomic E-state index is 12.8. The molecular formula is C25H18ClNO. The first-order valence-electron chi connectivity index (χ1n) is 9.34. The van der Waals surface area contributed by atoms with Gasteiger partial charge in [-0.05, 0) is 35.4 Å². The van der Waals surface area contributed by atoms with Crippen molar-refractivity contribution >= 4 is 34.4 Å². The predicted molar refractivity (Wildman–Crippen MR) is 115 cm³/mol. The SMILES string of the molecule is O=C1/C(=C/c2cn(Cc3ccc(Cl)cc3)c3ccccc23)Cc2ccccc21. The summed E-state index contributed by atoms with van der Waals surface area (Å²) in [7, 11) is 0. The molecule has 0 saturated carbocycles. The van der Waals surface area contributed by atoms with Crippen LogP contribution in [0.2, 0.25) is 5.02 Å². The zero-order valence-corrected chi connectivity index (χ0v) is 16.0. The third kappa shape index (κ3) is 2.96. The summed E-state index contributed by atoms with van der Waals surface area (Å²) < 4.78 is 2.23. The van der Waals surface area contributed by atoms with E-state index >= 15 is 0 Å². The number of ketones is 1. The lowest BCUT2D eigenvalue weighted by molar-refractivity contribution is 0.104. The van der Waals surface area contributed by atoms with E-state index in [1.165, 1.54) is 5.56 Å². The minimum absolute atomic E-state index is 0.144.